The Morgan fingerprint density at radius 1 is 1.23 bits per heavy atom. The van der Waals surface area contributed by atoms with Crippen LogP contribution in [0.4, 0.5) is 0 Å². The Morgan fingerprint density at radius 3 is 2.55 bits per heavy atom. The van der Waals surface area contributed by atoms with Gasteiger partial charge in [-0.25, -0.2) is 4.79 Å². The molecule has 0 saturated heterocycles. The lowest BCUT2D eigenvalue weighted by Crippen LogP contribution is -2.38. The fraction of sp³-hybridized carbons (Fsp3) is 0.267. The number of amides is 2. The first-order chi connectivity index (χ1) is 10.5. The number of likely N-dealkylation sites (N-methyl/N-ethyl adjacent to an activating group) is 1. The average Bonchev–Trinajstić information content (AvgIpc) is 2.51. The Morgan fingerprint density at radius 2 is 1.91 bits per heavy atom. The van der Waals surface area contributed by atoms with Crippen LogP contribution in [0.1, 0.15) is 0 Å². The lowest BCUT2D eigenvalue weighted by Gasteiger charge is -2.10. The van der Waals surface area contributed by atoms with Crippen LogP contribution in [-0.4, -0.2) is 49.9 Å². The standard InChI is InChI=1S/C15H18N2O4S/c1-17(2)14(19)10-16-13(18)11-21-15(20)8-9-22-12-6-4-3-5-7-12/h3-9H,10-11H2,1-2H3,(H,16,18)/b9-8+. The number of ether oxygens (including phenoxy) is 1. The van der Waals surface area contributed by atoms with Crippen molar-refractivity contribution in [3.05, 3.63) is 41.8 Å². The van der Waals surface area contributed by atoms with Gasteiger partial charge in [-0.2, -0.15) is 0 Å². The lowest BCUT2D eigenvalue weighted by atomic mass is 10.4. The number of nitrogens with one attached hydrogen (secondary N) is 1. The summed E-state index contributed by atoms with van der Waals surface area (Å²) in [6.45, 7) is -0.539. The highest BCUT2D eigenvalue weighted by molar-refractivity contribution is 8.02. The zero-order valence-corrected chi connectivity index (χ0v) is 13.3. The molecule has 0 heterocycles. The third kappa shape index (κ3) is 7.49. The summed E-state index contributed by atoms with van der Waals surface area (Å²) in [4.78, 5) is 36.4. The van der Waals surface area contributed by atoms with Gasteiger partial charge in [-0.3, -0.25) is 9.59 Å². The van der Waals surface area contributed by atoms with Gasteiger partial charge in [-0.15, -0.1) is 0 Å². The summed E-state index contributed by atoms with van der Waals surface area (Å²) in [7, 11) is 3.17. The minimum absolute atomic E-state index is 0.122. The monoisotopic (exact) mass is 322 g/mol. The number of hydrogen-bond acceptors (Lipinski definition) is 5. The largest absolute Gasteiger partial charge is 0.452 e. The quantitative estimate of drug-likeness (QED) is 0.461. The van der Waals surface area contributed by atoms with Crippen LogP contribution in [0.15, 0.2) is 46.7 Å². The number of thioether (sulfide) groups is 1. The zero-order chi connectivity index (χ0) is 16.4. The molecule has 0 aromatic heterocycles. The minimum Gasteiger partial charge on any atom is -0.452 e. The number of carbonyl (C=O) groups is 3. The molecule has 1 aromatic rings. The number of benzene rings is 1. The topological polar surface area (TPSA) is 75.7 Å². The molecule has 0 radical (unpaired) electrons. The molecule has 7 heteroatoms. The van der Waals surface area contributed by atoms with Crippen LogP contribution in [0.25, 0.3) is 0 Å². The van der Waals surface area contributed by atoms with Gasteiger partial charge in [-0.05, 0) is 17.5 Å². The molecule has 0 aliphatic heterocycles. The number of hydrogen-bond donors (Lipinski definition) is 1. The maximum atomic E-state index is 11.4. The molecule has 0 spiro atoms. The summed E-state index contributed by atoms with van der Waals surface area (Å²) in [5.41, 5.74) is 0. The zero-order valence-electron chi connectivity index (χ0n) is 12.4. The van der Waals surface area contributed by atoms with Crippen molar-refractivity contribution in [3.63, 3.8) is 0 Å². The number of esters is 1. The van der Waals surface area contributed by atoms with Gasteiger partial charge in [0.25, 0.3) is 5.91 Å². The van der Waals surface area contributed by atoms with E-state index in [0.717, 1.165) is 4.90 Å². The average molecular weight is 322 g/mol. The lowest BCUT2D eigenvalue weighted by molar-refractivity contribution is -0.144. The highest BCUT2D eigenvalue weighted by Crippen LogP contribution is 2.17. The first-order valence-electron chi connectivity index (χ1n) is 6.51. The smallest absolute Gasteiger partial charge is 0.331 e. The van der Waals surface area contributed by atoms with Crippen molar-refractivity contribution in [2.75, 3.05) is 27.2 Å². The minimum atomic E-state index is -0.613. The van der Waals surface area contributed by atoms with E-state index in [1.54, 1.807) is 19.5 Å². The van der Waals surface area contributed by atoms with E-state index in [2.05, 4.69) is 5.32 Å². The van der Waals surface area contributed by atoms with Crippen LogP contribution >= 0.6 is 11.8 Å². The van der Waals surface area contributed by atoms with Gasteiger partial charge in [0.1, 0.15) is 0 Å². The van der Waals surface area contributed by atoms with Crippen molar-refractivity contribution in [1.82, 2.24) is 10.2 Å². The molecule has 0 aliphatic rings. The van der Waals surface area contributed by atoms with Gasteiger partial charge >= 0.3 is 5.97 Å². The van der Waals surface area contributed by atoms with Gasteiger partial charge in [0.05, 0.1) is 6.54 Å². The second-order valence-electron chi connectivity index (χ2n) is 4.41. The first-order valence-corrected chi connectivity index (χ1v) is 7.39. The molecule has 0 aliphatic carbocycles. The normalized spacial score (nSPS) is 10.3. The van der Waals surface area contributed by atoms with Crippen LogP contribution in [0.2, 0.25) is 0 Å². The second kappa shape index (κ2) is 9.62. The van der Waals surface area contributed by atoms with Crippen molar-refractivity contribution in [2.24, 2.45) is 0 Å². The number of carbonyl (C=O) groups excluding carboxylic acids is 3. The Bertz CT molecular complexity index is 544. The second-order valence-corrected chi connectivity index (χ2v) is 5.39. The predicted molar refractivity (Wildman–Crippen MR) is 84.1 cm³/mol. The summed E-state index contributed by atoms with van der Waals surface area (Å²) in [6, 6.07) is 9.52. The molecule has 0 atom stereocenters. The highest BCUT2D eigenvalue weighted by atomic mass is 32.2. The predicted octanol–water partition coefficient (Wildman–Crippen LogP) is 1.04. The van der Waals surface area contributed by atoms with E-state index in [1.165, 1.54) is 22.7 Å². The Hall–Kier alpha value is -2.28. The molecule has 6 nitrogen and oxygen atoms in total. The van der Waals surface area contributed by atoms with Crippen LogP contribution in [0.5, 0.6) is 0 Å². The first kappa shape index (κ1) is 17.8. The van der Waals surface area contributed by atoms with E-state index in [0.29, 0.717) is 0 Å². The van der Waals surface area contributed by atoms with Crippen LogP contribution in [0.3, 0.4) is 0 Å². The van der Waals surface area contributed by atoms with E-state index in [1.807, 2.05) is 30.3 Å². The molecule has 0 fully saturated rings. The van der Waals surface area contributed by atoms with Crippen molar-refractivity contribution < 1.29 is 19.1 Å². The molecule has 1 N–H and O–H groups in total. The molecule has 2 amide bonds. The van der Waals surface area contributed by atoms with E-state index < -0.39 is 18.5 Å². The van der Waals surface area contributed by atoms with Gasteiger partial charge in [-0.1, -0.05) is 30.0 Å². The molecule has 22 heavy (non-hydrogen) atoms. The maximum Gasteiger partial charge on any atom is 0.331 e. The van der Waals surface area contributed by atoms with Crippen LogP contribution < -0.4 is 5.32 Å². The van der Waals surface area contributed by atoms with Gasteiger partial charge in [0, 0.05) is 25.1 Å². The van der Waals surface area contributed by atoms with E-state index in [9.17, 15) is 14.4 Å². The molecule has 118 valence electrons. The van der Waals surface area contributed by atoms with Crippen molar-refractivity contribution in [2.45, 2.75) is 4.90 Å². The van der Waals surface area contributed by atoms with Gasteiger partial charge in [0.15, 0.2) is 6.61 Å². The maximum absolute atomic E-state index is 11.4. The summed E-state index contributed by atoms with van der Waals surface area (Å²) in [6.07, 6.45) is 1.25. The van der Waals surface area contributed by atoms with E-state index in [-0.39, 0.29) is 12.5 Å². The molecule has 0 bridgehead atoms. The third-order valence-electron chi connectivity index (χ3n) is 2.43. The Balaban J connectivity index is 2.22. The SMILES string of the molecule is CN(C)C(=O)CNC(=O)COC(=O)/C=C/Sc1ccccc1. The fourth-order valence-corrected chi connectivity index (χ4v) is 1.89. The van der Waals surface area contributed by atoms with Crippen molar-refractivity contribution in [1.29, 1.82) is 0 Å². The summed E-state index contributed by atoms with van der Waals surface area (Å²) in [5.74, 6) is -1.37. The van der Waals surface area contributed by atoms with Crippen molar-refractivity contribution in [3.8, 4) is 0 Å². The molecular formula is C15H18N2O4S. The van der Waals surface area contributed by atoms with Crippen molar-refractivity contribution >= 4 is 29.5 Å². The van der Waals surface area contributed by atoms with Crippen LogP contribution in [-0.2, 0) is 19.1 Å². The molecule has 0 saturated carbocycles. The summed E-state index contributed by atoms with van der Waals surface area (Å²) in [5, 5.41) is 3.95. The van der Waals surface area contributed by atoms with Gasteiger partial charge in [0.2, 0.25) is 5.91 Å². The summed E-state index contributed by atoms with van der Waals surface area (Å²) < 4.78 is 4.76. The van der Waals surface area contributed by atoms with E-state index >= 15 is 0 Å². The fourth-order valence-electron chi connectivity index (χ4n) is 1.24. The van der Waals surface area contributed by atoms with E-state index in [4.69, 9.17) is 4.74 Å². The molecular weight excluding hydrogens is 304 g/mol. The molecule has 0 unspecified atom stereocenters. The van der Waals surface area contributed by atoms with Crippen LogP contribution in [0, 0.1) is 0 Å². The Kier molecular flexibility index (Phi) is 7.77. The number of nitrogens with zero attached hydrogens (tertiary/aromatic N) is 1. The molecule has 1 aromatic carbocycles. The summed E-state index contributed by atoms with van der Waals surface area (Å²) >= 11 is 1.37. The Labute approximate surface area is 133 Å². The molecule has 1 rings (SSSR count). The van der Waals surface area contributed by atoms with Gasteiger partial charge < -0.3 is 15.0 Å². The number of rotatable bonds is 7. The third-order valence-corrected chi connectivity index (χ3v) is 3.25. The highest BCUT2D eigenvalue weighted by Gasteiger charge is 2.08.